The molecule has 3 rings (SSSR count). The van der Waals surface area contributed by atoms with Gasteiger partial charge in [0.05, 0.1) is 5.56 Å². The number of hydrogen-bond donors (Lipinski definition) is 0. The van der Waals surface area contributed by atoms with Gasteiger partial charge in [-0.3, -0.25) is 0 Å². The molecule has 1 unspecified atom stereocenters. The van der Waals surface area contributed by atoms with Crippen molar-refractivity contribution in [3.8, 4) is 0 Å². The van der Waals surface area contributed by atoms with Crippen molar-refractivity contribution in [2.75, 3.05) is 0 Å². The number of alkyl halides is 3. The summed E-state index contributed by atoms with van der Waals surface area (Å²) in [5.41, 5.74) is 5.49. The fourth-order valence-electron chi connectivity index (χ4n) is 3.93. The SMILES string of the molecule is CCC1=C(C)N(C2CC2)C(C)=C(C)C1c1ccc(C(F)(F)F)cc1. The van der Waals surface area contributed by atoms with Crippen LogP contribution in [-0.2, 0) is 6.18 Å². The van der Waals surface area contributed by atoms with E-state index in [0.29, 0.717) is 6.04 Å². The second-order valence-corrected chi connectivity index (χ2v) is 6.89. The van der Waals surface area contributed by atoms with Crippen LogP contribution in [0.2, 0.25) is 0 Å². The molecule has 0 bridgehead atoms. The van der Waals surface area contributed by atoms with E-state index in [1.807, 2.05) is 0 Å². The second-order valence-electron chi connectivity index (χ2n) is 6.89. The summed E-state index contributed by atoms with van der Waals surface area (Å²) in [7, 11) is 0. The highest BCUT2D eigenvalue weighted by molar-refractivity contribution is 5.46. The highest BCUT2D eigenvalue weighted by atomic mass is 19.4. The number of rotatable bonds is 3. The lowest BCUT2D eigenvalue weighted by molar-refractivity contribution is -0.137. The van der Waals surface area contributed by atoms with Crippen molar-refractivity contribution in [2.45, 2.75) is 65.1 Å². The molecule has 0 spiro atoms. The Morgan fingerprint density at radius 1 is 1.00 bits per heavy atom. The molecule has 0 radical (unpaired) electrons. The van der Waals surface area contributed by atoms with Gasteiger partial charge in [0.2, 0.25) is 0 Å². The molecule has 4 heteroatoms. The maximum Gasteiger partial charge on any atom is 0.416 e. The molecule has 1 fully saturated rings. The minimum absolute atomic E-state index is 0.0901. The lowest BCUT2D eigenvalue weighted by Crippen LogP contribution is -2.30. The summed E-state index contributed by atoms with van der Waals surface area (Å²) >= 11 is 0. The normalized spacial score (nSPS) is 22.5. The average molecular weight is 335 g/mol. The highest BCUT2D eigenvalue weighted by Crippen LogP contribution is 2.46. The quantitative estimate of drug-likeness (QED) is 0.631. The molecule has 1 atom stereocenters. The first-order chi connectivity index (χ1) is 11.3. The molecule has 24 heavy (non-hydrogen) atoms. The van der Waals surface area contributed by atoms with Crippen molar-refractivity contribution in [1.82, 2.24) is 4.90 Å². The smallest absolute Gasteiger partial charge is 0.346 e. The van der Waals surface area contributed by atoms with Gasteiger partial charge in [0.15, 0.2) is 0 Å². The maximum absolute atomic E-state index is 12.8. The van der Waals surface area contributed by atoms with E-state index >= 15 is 0 Å². The Morgan fingerprint density at radius 2 is 1.58 bits per heavy atom. The van der Waals surface area contributed by atoms with Gasteiger partial charge in [-0.1, -0.05) is 19.1 Å². The van der Waals surface area contributed by atoms with Crippen LogP contribution >= 0.6 is 0 Å². The minimum Gasteiger partial charge on any atom is -0.346 e. The first-order valence-corrected chi connectivity index (χ1v) is 8.59. The van der Waals surface area contributed by atoms with Crippen LogP contribution in [0.4, 0.5) is 13.2 Å². The van der Waals surface area contributed by atoms with Crippen LogP contribution in [-0.4, -0.2) is 10.9 Å². The number of halogens is 3. The van der Waals surface area contributed by atoms with E-state index in [2.05, 4.69) is 32.6 Å². The van der Waals surface area contributed by atoms with Crippen molar-refractivity contribution in [3.63, 3.8) is 0 Å². The Morgan fingerprint density at radius 3 is 2.04 bits per heavy atom. The summed E-state index contributed by atoms with van der Waals surface area (Å²) in [6.07, 6.45) is -0.923. The van der Waals surface area contributed by atoms with Gasteiger partial charge >= 0.3 is 6.18 Å². The summed E-state index contributed by atoms with van der Waals surface area (Å²) in [6, 6.07) is 6.29. The Labute approximate surface area is 141 Å². The molecule has 130 valence electrons. The van der Waals surface area contributed by atoms with Gasteiger partial charge in [-0.05, 0) is 68.9 Å². The molecule has 1 saturated carbocycles. The van der Waals surface area contributed by atoms with Crippen LogP contribution in [0.25, 0.3) is 0 Å². The third-order valence-corrected chi connectivity index (χ3v) is 5.40. The molecule has 1 nitrogen and oxygen atoms in total. The molecule has 2 aliphatic rings. The van der Waals surface area contributed by atoms with Gasteiger partial charge < -0.3 is 4.90 Å². The highest BCUT2D eigenvalue weighted by Gasteiger charge is 2.37. The molecule has 0 aromatic heterocycles. The lowest BCUT2D eigenvalue weighted by atomic mass is 9.79. The third-order valence-electron chi connectivity index (χ3n) is 5.40. The molecular formula is C20H24F3N. The van der Waals surface area contributed by atoms with Gasteiger partial charge in [0.25, 0.3) is 0 Å². The van der Waals surface area contributed by atoms with E-state index in [1.54, 1.807) is 12.1 Å². The van der Waals surface area contributed by atoms with Gasteiger partial charge in [-0.15, -0.1) is 0 Å². The zero-order valence-corrected chi connectivity index (χ0v) is 14.7. The summed E-state index contributed by atoms with van der Waals surface area (Å²) in [5.74, 6) is 0.0901. The summed E-state index contributed by atoms with van der Waals surface area (Å²) in [4.78, 5) is 2.44. The molecule has 1 heterocycles. The lowest BCUT2D eigenvalue weighted by Gasteiger charge is -2.39. The zero-order chi connectivity index (χ0) is 17.6. The van der Waals surface area contributed by atoms with Crippen molar-refractivity contribution in [3.05, 3.63) is 57.9 Å². The number of allylic oxidation sites excluding steroid dienone is 4. The Balaban J connectivity index is 2.02. The number of benzene rings is 1. The van der Waals surface area contributed by atoms with Crippen LogP contribution in [0.1, 0.15) is 64.0 Å². The summed E-state index contributed by atoms with van der Waals surface area (Å²) in [6.45, 7) is 8.55. The molecule has 0 N–H and O–H groups in total. The second kappa shape index (κ2) is 5.98. The van der Waals surface area contributed by atoms with E-state index in [0.717, 1.165) is 12.0 Å². The van der Waals surface area contributed by atoms with Crippen LogP contribution in [0.5, 0.6) is 0 Å². The molecular weight excluding hydrogens is 311 g/mol. The summed E-state index contributed by atoms with van der Waals surface area (Å²) in [5, 5.41) is 0. The van der Waals surface area contributed by atoms with Crippen LogP contribution in [0.3, 0.4) is 0 Å². The predicted octanol–water partition coefficient (Wildman–Crippen LogP) is 6.24. The predicted molar refractivity (Wildman–Crippen MR) is 90.4 cm³/mol. The zero-order valence-electron chi connectivity index (χ0n) is 14.7. The van der Waals surface area contributed by atoms with Crippen molar-refractivity contribution in [2.24, 2.45) is 0 Å². The topological polar surface area (TPSA) is 3.24 Å². The Bertz CT molecular complexity index is 691. The van der Waals surface area contributed by atoms with E-state index in [1.165, 1.54) is 47.5 Å². The molecule has 1 aliphatic heterocycles. The Hall–Kier alpha value is -1.71. The van der Waals surface area contributed by atoms with Crippen LogP contribution in [0, 0.1) is 0 Å². The number of nitrogens with zero attached hydrogens (tertiary/aromatic N) is 1. The molecule has 0 saturated heterocycles. The first kappa shape index (κ1) is 17.1. The summed E-state index contributed by atoms with van der Waals surface area (Å²) < 4.78 is 38.5. The fourth-order valence-corrected chi connectivity index (χ4v) is 3.93. The van der Waals surface area contributed by atoms with Gasteiger partial charge in [-0.2, -0.15) is 13.2 Å². The molecule has 1 aromatic rings. The third kappa shape index (κ3) is 2.87. The standard InChI is InChI=1S/C20H24F3N/c1-5-18-14(4)24(17-10-11-17)13(3)12(2)19(18)15-6-8-16(9-7-15)20(21,22)23/h6-9,17,19H,5,10-11H2,1-4H3. The number of hydrogen-bond acceptors (Lipinski definition) is 1. The molecule has 1 aliphatic carbocycles. The largest absolute Gasteiger partial charge is 0.416 e. The average Bonchev–Trinajstić information content (AvgIpc) is 3.35. The Kier molecular flexibility index (Phi) is 4.27. The maximum atomic E-state index is 12.8. The monoisotopic (exact) mass is 335 g/mol. The van der Waals surface area contributed by atoms with E-state index in [4.69, 9.17) is 0 Å². The van der Waals surface area contributed by atoms with E-state index in [9.17, 15) is 13.2 Å². The molecule has 0 amide bonds. The van der Waals surface area contributed by atoms with Crippen molar-refractivity contribution < 1.29 is 13.2 Å². The minimum atomic E-state index is -4.28. The van der Waals surface area contributed by atoms with Crippen molar-refractivity contribution >= 4 is 0 Å². The van der Waals surface area contributed by atoms with Gasteiger partial charge in [-0.25, -0.2) is 0 Å². The van der Waals surface area contributed by atoms with Gasteiger partial charge in [0.1, 0.15) is 0 Å². The van der Waals surface area contributed by atoms with Crippen LogP contribution in [0.15, 0.2) is 46.8 Å². The van der Waals surface area contributed by atoms with E-state index < -0.39 is 11.7 Å². The van der Waals surface area contributed by atoms with Crippen molar-refractivity contribution in [1.29, 1.82) is 0 Å². The first-order valence-electron chi connectivity index (χ1n) is 8.59. The van der Waals surface area contributed by atoms with Gasteiger partial charge in [0, 0.05) is 23.4 Å². The molecule has 1 aromatic carbocycles. The van der Waals surface area contributed by atoms with E-state index in [-0.39, 0.29) is 5.92 Å². The fraction of sp³-hybridized carbons (Fsp3) is 0.500. The van der Waals surface area contributed by atoms with Crippen LogP contribution < -0.4 is 0 Å².